The van der Waals surface area contributed by atoms with Gasteiger partial charge in [-0.3, -0.25) is 4.72 Å². The molecule has 0 unspecified atom stereocenters. The lowest BCUT2D eigenvalue weighted by atomic mass is 10.3. The number of halogens is 1. The summed E-state index contributed by atoms with van der Waals surface area (Å²) in [6.45, 7) is 1.48. The highest BCUT2D eigenvalue weighted by molar-refractivity contribution is 7.92. The van der Waals surface area contributed by atoms with Crippen LogP contribution >= 0.6 is 0 Å². The van der Waals surface area contributed by atoms with Crippen molar-refractivity contribution >= 4 is 21.5 Å². The summed E-state index contributed by atoms with van der Waals surface area (Å²) in [5, 5.41) is 2.62. The molecule has 0 fully saturated rings. The molecule has 9 heteroatoms. The molecule has 0 saturated carbocycles. The number of hydrogen-bond acceptors (Lipinski definition) is 6. The SMILES string of the molecule is Cc1nc(S(=O)(=O)Nc2ccon2)c(F)cc1N. The van der Waals surface area contributed by atoms with Gasteiger partial charge in [0.15, 0.2) is 11.6 Å². The van der Waals surface area contributed by atoms with Crippen LogP contribution in [0.4, 0.5) is 15.9 Å². The van der Waals surface area contributed by atoms with Crippen molar-refractivity contribution in [2.45, 2.75) is 11.9 Å². The summed E-state index contributed by atoms with van der Waals surface area (Å²) < 4.78 is 43.7. The van der Waals surface area contributed by atoms with Crippen LogP contribution in [0.3, 0.4) is 0 Å². The second-order valence-corrected chi connectivity index (χ2v) is 5.04. The number of sulfonamides is 1. The van der Waals surface area contributed by atoms with Crippen molar-refractivity contribution in [3.63, 3.8) is 0 Å². The topological polar surface area (TPSA) is 111 Å². The Bertz CT molecular complexity index is 669. The first-order chi connectivity index (χ1) is 8.40. The third-order valence-electron chi connectivity index (χ3n) is 2.10. The molecule has 2 rings (SSSR count). The molecule has 18 heavy (non-hydrogen) atoms. The van der Waals surface area contributed by atoms with E-state index >= 15 is 0 Å². The van der Waals surface area contributed by atoms with Crippen LogP contribution in [0.1, 0.15) is 5.69 Å². The van der Waals surface area contributed by atoms with Gasteiger partial charge in [-0.2, -0.15) is 8.42 Å². The zero-order valence-corrected chi connectivity index (χ0v) is 10.0. The van der Waals surface area contributed by atoms with E-state index in [1.807, 2.05) is 4.72 Å². The Hall–Kier alpha value is -2.16. The highest BCUT2D eigenvalue weighted by Gasteiger charge is 2.23. The van der Waals surface area contributed by atoms with Gasteiger partial charge in [0.1, 0.15) is 6.26 Å². The highest BCUT2D eigenvalue weighted by Crippen LogP contribution is 2.19. The van der Waals surface area contributed by atoms with E-state index in [4.69, 9.17) is 5.73 Å². The number of nitrogens with zero attached hydrogens (tertiary/aromatic N) is 2. The molecule has 0 saturated heterocycles. The number of nitrogen functional groups attached to an aromatic ring is 1. The number of nitrogens with one attached hydrogen (secondary N) is 1. The fraction of sp³-hybridized carbons (Fsp3) is 0.111. The van der Waals surface area contributed by atoms with Gasteiger partial charge < -0.3 is 10.3 Å². The van der Waals surface area contributed by atoms with E-state index in [0.29, 0.717) is 0 Å². The molecule has 0 atom stereocenters. The zero-order chi connectivity index (χ0) is 13.3. The Kier molecular flexibility index (Phi) is 2.91. The number of nitrogens with two attached hydrogens (primary N) is 1. The van der Waals surface area contributed by atoms with Crippen molar-refractivity contribution in [2.24, 2.45) is 0 Å². The summed E-state index contributed by atoms with van der Waals surface area (Å²) in [5.41, 5.74) is 5.72. The van der Waals surface area contributed by atoms with E-state index < -0.39 is 20.9 Å². The fourth-order valence-electron chi connectivity index (χ4n) is 1.21. The molecular formula is C9H9FN4O3S. The van der Waals surface area contributed by atoms with Crippen molar-refractivity contribution in [2.75, 3.05) is 10.5 Å². The maximum absolute atomic E-state index is 13.5. The highest BCUT2D eigenvalue weighted by atomic mass is 32.2. The predicted molar refractivity (Wildman–Crippen MR) is 60.7 cm³/mol. The number of hydrogen-bond donors (Lipinski definition) is 2. The van der Waals surface area contributed by atoms with E-state index in [0.717, 1.165) is 6.07 Å². The molecule has 0 amide bonds. The van der Waals surface area contributed by atoms with Gasteiger partial charge >= 0.3 is 0 Å². The maximum atomic E-state index is 13.5. The number of aromatic nitrogens is 2. The standard InChI is InChI=1S/C9H9FN4O3S/c1-5-7(11)4-6(10)9(12-5)18(15,16)14-8-2-3-17-13-8/h2-4H,11H2,1H3,(H,13,14). The minimum atomic E-state index is -4.17. The number of pyridine rings is 1. The molecule has 7 nitrogen and oxygen atoms in total. The molecule has 2 heterocycles. The zero-order valence-electron chi connectivity index (χ0n) is 9.21. The van der Waals surface area contributed by atoms with Crippen LogP contribution in [0.25, 0.3) is 0 Å². The molecule has 96 valence electrons. The number of rotatable bonds is 3. The normalized spacial score (nSPS) is 11.4. The summed E-state index contributed by atoms with van der Waals surface area (Å²) in [6.07, 6.45) is 1.18. The van der Waals surface area contributed by atoms with Gasteiger partial charge in [-0.1, -0.05) is 5.16 Å². The third-order valence-corrected chi connectivity index (χ3v) is 3.38. The van der Waals surface area contributed by atoms with E-state index in [2.05, 4.69) is 14.7 Å². The molecule has 2 aromatic rings. The molecule has 0 aliphatic heterocycles. The van der Waals surface area contributed by atoms with Crippen LogP contribution in [0.15, 0.2) is 27.9 Å². The van der Waals surface area contributed by atoms with E-state index in [1.54, 1.807) is 0 Å². The Morgan fingerprint density at radius 1 is 1.50 bits per heavy atom. The minimum Gasteiger partial charge on any atom is -0.397 e. The van der Waals surface area contributed by atoms with Gasteiger partial charge in [-0.05, 0) is 6.92 Å². The molecule has 0 radical (unpaired) electrons. The lowest BCUT2D eigenvalue weighted by Gasteiger charge is -2.07. The van der Waals surface area contributed by atoms with Gasteiger partial charge in [-0.15, -0.1) is 0 Å². The van der Waals surface area contributed by atoms with Gasteiger partial charge in [0, 0.05) is 12.1 Å². The summed E-state index contributed by atoms with van der Waals surface area (Å²) >= 11 is 0. The van der Waals surface area contributed by atoms with E-state index in [9.17, 15) is 12.8 Å². The van der Waals surface area contributed by atoms with Gasteiger partial charge in [0.25, 0.3) is 10.0 Å². The first-order valence-corrected chi connectivity index (χ1v) is 6.24. The predicted octanol–water partition coefficient (Wildman–Crippen LogP) is 0.900. The second-order valence-electron chi connectivity index (χ2n) is 3.44. The summed E-state index contributed by atoms with van der Waals surface area (Å²) in [5.74, 6) is -1.10. The molecule has 3 N–H and O–H groups in total. The Morgan fingerprint density at radius 3 is 2.83 bits per heavy atom. The lowest BCUT2D eigenvalue weighted by Crippen LogP contribution is -2.17. The lowest BCUT2D eigenvalue weighted by molar-refractivity contribution is 0.423. The second kappa shape index (κ2) is 4.26. The quantitative estimate of drug-likeness (QED) is 0.858. The smallest absolute Gasteiger partial charge is 0.283 e. The van der Waals surface area contributed by atoms with Crippen LogP contribution in [-0.4, -0.2) is 18.6 Å². The summed E-state index contributed by atoms with van der Waals surface area (Å²) in [7, 11) is -4.17. The van der Waals surface area contributed by atoms with Crippen LogP contribution in [0.5, 0.6) is 0 Å². The van der Waals surface area contributed by atoms with E-state index in [1.165, 1.54) is 19.3 Å². The molecule has 2 aromatic heterocycles. The van der Waals surface area contributed by atoms with Crippen molar-refractivity contribution in [3.05, 3.63) is 29.9 Å². The largest absolute Gasteiger partial charge is 0.397 e. The Labute approximate surface area is 102 Å². The first kappa shape index (κ1) is 12.3. The fourth-order valence-corrected chi connectivity index (χ4v) is 2.26. The number of aryl methyl sites for hydroxylation is 1. The molecule has 0 bridgehead atoms. The van der Waals surface area contributed by atoms with Crippen LogP contribution < -0.4 is 10.5 Å². The van der Waals surface area contributed by atoms with Crippen molar-refractivity contribution < 1.29 is 17.3 Å². The van der Waals surface area contributed by atoms with Crippen LogP contribution in [0.2, 0.25) is 0 Å². The third kappa shape index (κ3) is 2.25. The summed E-state index contributed by atoms with van der Waals surface area (Å²) in [4.78, 5) is 3.62. The van der Waals surface area contributed by atoms with Crippen molar-refractivity contribution in [3.8, 4) is 0 Å². The first-order valence-electron chi connectivity index (χ1n) is 4.76. The molecule has 0 spiro atoms. The Balaban J connectivity index is 2.44. The van der Waals surface area contributed by atoms with E-state index in [-0.39, 0.29) is 17.2 Å². The van der Waals surface area contributed by atoms with Crippen molar-refractivity contribution in [1.82, 2.24) is 10.1 Å². The van der Waals surface area contributed by atoms with Gasteiger partial charge in [-0.25, -0.2) is 9.37 Å². The molecule has 0 aliphatic carbocycles. The average Bonchev–Trinajstić information content (AvgIpc) is 2.75. The van der Waals surface area contributed by atoms with Crippen LogP contribution in [0, 0.1) is 12.7 Å². The number of anilines is 2. The van der Waals surface area contributed by atoms with Crippen LogP contribution in [-0.2, 0) is 10.0 Å². The van der Waals surface area contributed by atoms with Gasteiger partial charge in [0.05, 0.1) is 11.4 Å². The van der Waals surface area contributed by atoms with Crippen molar-refractivity contribution in [1.29, 1.82) is 0 Å². The molecular weight excluding hydrogens is 263 g/mol. The van der Waals surface area contributed by atoms with Gasteiger partial charge in [0.2, 0.25) is 5.03 Å². The Morgan fingerprint density at radius 2 is 2.22 bits per heavy atom. The maximum Gasteiger partial charge on any atom is 0.283 e. The molecule has 0 aliphatic rings. The average molecular weight is 272 g/mol. The minimum absolute atomic E-state index is 0.0642. The summed E-state index contributed by atoms with van der Waals surface area (Å²) in [6, 6.07) is 2.18. The molecule has 0 aromatic carbocycles. The monoisotopic (exact) mass is 272 g/mol.